The van der Waals surface area contributed by atoms with Gasteiger partial charge in [0, 0.05) is 34.9 Å². The Morgan fingerprint density at radius 3 is 2.51 bits per heavy atom. The molecule has 1 aromatic carbocycles. The van der Waals surface area contributed by atoms with Gasteiger partial charge in [-0.05, 0) is 29.8 Å². The van der Waals surface area contributed by atoms with Crippen LogP contribution < -0.4 is 16.9 Å². The number of carbonyl (C=O) groups is 2. The summed E-state index contributed by atoms with van der Waals surface area (Å²) in [5.74, 6) is 3.81. The maximum atomic E-state index is 13.0. The van der Waals surface area contributed by atoms with Crippen LogP contribution in [0.25, 0.3) is 0 Å². The highest BCUT2D eigenvalue weighted by atomic mass is 35.5. The number of hydrogen-bond donors (Lipinski definition) is 3. The molecule has 190 valence electrons. The van der Waals surface area contributed by atoms with Gasteiger partial charge in [0.25, 0.3) is 11.8 Å². The van der Waals surface area contributed by atoms with Gasteiger partial charge in [0.15, 0.2) is 6.10 Å². The fourth-order valence-corrected chi connectivity index (χ4v) is 4.04. The quantitative estimate of drug-likeness (QED) is 0.464. The predicted molar refractivity (Wildman–Crippen MR) is 121 cm³/mol. The number of nitrogens with one attached hydrogen (secondary N) is 1. The van der Waals surface area contributed by atoms with Crippen LogP contribution in [-0.2, 0) is 9.57 Å². The maximum Gasteiger partial charge on any atom is 0.418 e. The Bertz CT molecular complexity index is 1040. The molecule has 0 aliphatic carbocycles. The van der Waals surface area contributed by atoms with E-state index in [-0.39, 0.29) is 36.9 Å². The zero-order chi connectivity index (χ0) is 25.8. The number of alkyl halides is 3. The molecule has 2 aromatic rings. The zero-order valence-electron chi connectivity index (χ0n) is 18.1. The van der Waals surface area contributed by atoms with E-state index in [1.807, 2.05) is 0 Å². The van der Waals surface area contributed by atoms with Crippen molar-refractivity contribution in [3.8, 4) is 0 Å². The highest BCUT2D eigenvalue weighted by molar-refractivity contribution is 6.35. The van der Waals surface area contributed by atoms with E-state index in [9.17, 15) is 22.8 Å². The van der Waals surface area contributed by atoms with E-state index >= 15 is 0 Å². The summed E-state index contributed by atoms with van der Waals surface area (Å²) in [6.45, 7) is 0.829. The molecule has 2 heterocycles. The van der Waals surface area contributed by atoms with Gasteiger partial charge in [-0.3, -0.25) is 19.4 Å². The number of nitrogens with two attached hydrogens (primary N) is 2. The third-order valence-corrected chi connectivity index (χ3v) is 5.73. The van der Waals surface area contributed by atoms with Gasteiger partial charge in [-0.2, -0.15) is 13.2 Å². The van der Waals surface area contributed by atoms with Crippen molar-refractivity contribution in [2.75, 3.05) is 26.3 Å². The summed E-state index contributed by atoms with van der Waals surface area (Å²) in [7, 11) is 0. The number of hydrogen-bond acceptors (Lipinski definition) is 7. The number of halogens is 5. The Balaban J connectivity index is 1.65. The molecule has 1 aromatic heterocycles. The van der Waals surface area contributed by atoms with Crippen molar-refractivity contribution >= 4 is 35.0 Å². The monoisotopic (exact) mass is 535 g/mol. The molecule has 0 spiro atoms. The standard InChI is InChI=1S/C21H22Cl2F3N5O4/c22-13-5-12(6-14(23)7-13)20(33)31-3-4-34-10-15(31)9-30-19(32)16-2-1-11(8-29-16)17(27)18(35-28)21(24,25)26/h1-2,5-8,15,17-18H,3-4,9-10,27-28H2,(H,30,32)/t15-,17-,18?/m0/s1. The van der Waals surface area contributed by atoms with Crippen LogP contribution in [0, 0.1) is 0 Å². The van der Waals surface area contributed by atoms with Gasteiger partial charge < -0.3 is 20.7 Å². The van der Waals surface area contributed by atoms with Crippen molar-refractivity contribution in [2.45, 2.75) is 24.4 Å². The van der Waals surface area contributed by atoms with Gasteiger partial charge in [0.05, 0.1) is 25.3 Å². The number of aromatic nitrogens is 1. The smallest absolute Gasteiger partial charge is 0.377 e. The summed E-state index contributed by atoms with van der Waals surface area (Å²) in [6.07, 6.45) is -6.18. The Kier molecular flexibility index (Phi) is 8.91. The molecule has 2 amide bonds. The van der Waals surface area contributed by atoms with E-state index in [0.717, 1.165) is 6.20 Å². The molecule has 3 rings (SSSR count). The van der Waals surface area contributed by atoms with Gasteiger partial charge in [0.2, 0.25) is 0 Å². The van der Waals surface area contributed by atoms with Crippen LogP contribution in [0.3, 0.4) is 0 Å². The summed E-state index contributed by atoms with van der Waals surface area (Å²) >= 11 is 12.0. The van der Waals surface area contributed by atoms with Crippen LogP contribution in [-0.4, -0.2) is 66.3 Å². The molecule has 0 radical (unpaired) electrons. The Hall–Kier alpha value is -2.48. The molecule has 1 aliphatic heterocycles. The van der Waals surface area contributed by atoms with Crippen molar-refractivity contribution in [3.05, 3.63) is 63.4 Å². The Labute approximate surface area is 208 Å². The Morgan fingerprint density at radius 1 is 1.26 bits per heavy atom. The number of pyridine rings is 1. The lowest BCUT2D eigenvalue weighted by molar-refractivity contribution is -0.228. The number of carbonyl (C=O) groups excluding carboxylic acids is 2. The van der Waals surface area contributed by atoms with Gasteiger partial charge in [0.1, 0.15) is 5.69 Å². The van der Waals surface area contributed by atoms with Gasteiger partial charge >= 0.3 is 6.18 Å². The molecule has 1 aliphatic rings. The van der Waals surface area contributed by atoms with E-state index in [2.05, 4.69) is 15.1 Å². The number of amides is 2. The summed E-state index contributed by atoms with van der Waals surface area (Å²) in [5, 5.41) is 3.28. The van der Waals surface area contributed by atoms with Crippen LogP contribution in [0.5, 0.6) is 0 Å². The van der Waals surface area contributed by atoms with E-state index in [1.54, 1.807) is 4.90 Å². The molecular formula is C21H22Cl2F3N5O4. The fourth-order valence-electron chi connectivity index (χ4n) is 3.51. The Morgan fingerprint density at radius 2 is 1.94 bits per heavy atom. The molecule has 1 fully saturated rings. The maximum absolute atomic E-state index is 13.0. The first-order chi connectivity index (χ1) is 16.5. The molecule has 1 saturated heterocycles. The molecule has 3 atom stereocenters. The van der Waals surface area contributed by atoms with Crippen molar-refractivity contribution in [1.29, 1.82) is 0 Å². The average Bonchev–Trinajstić information content (AvgIpc) is 2.81. The van der Waals surface area contributed by atoms with Gasteiger partial charge in [-0.1, -0.05) is 29.3 Å². The molecule has 1 unspecified atom stereocenters. The molecule has 35 heavy (non-hydrogen) atoms. The number of ether oxygens (including phenoxy) is 1. The molecular weight excluding hydrogens is 514 g/mol. The van der Waals surface area contributed by atoms with Crippen molar-refractivity contribution < 1.29 is 32.3 Å². The summed E-state index contributed by atoms with van der Waals surface area (Å²) < 4.78 is 44.3. The predicted octanol–water partition coefficient (Wildman–Crippen LogP) is 2.48. The largest absolute Gasteiger partial charge is 0.418 e. The minimum atomic E-state index is -4.79. The second-order valence-electron chi connectivity index (χ2n) is 7.70. The number of rotatable bonds is 7. The normalized spacial score (nSPS) is 18.1. The summed E-state index contributed by atoms with van der Waals surface area (Å²) in [5.41, 5.74) is 5.81. The second-order valence-corrected chi connectivity index (χ2v) is 8.57. The summed E-state index contributed by atoms with van der Waals surface area (Å²) in [4.78, 5) is 34.9. The van der Waals surface area contributed by atoms with Crippen molar-refractivity contribution in [3.63, 3.8) is 0 Å². The van der Waals surface area contributed by atoms with Crippen LogP contribution in [0.1, 0.15) is 32.5 Å². The molecule has 5 N–H and O–H groups in total. The molecule has 14 heteroatoms. The lowest BCUT2D eigenvalue weighted by Crippen LogP contribution is -2.53. The van der Waals surface area contributed by atoms with Crippen molar-refractivity contribution in [1.82, 2.24) is 15.2 Å². The summed E-state index contributed by atoms with van der Waals surface area (Å²) in [6, 6.07) is 4.83. The number of nitrogens with zero attached hydrogens (tertiary/aromatic N) is 2. The third-order valence-electron chi connectivity index (χ3n) is 5.30. The SMILES string of the molecule is NOC([C@@H](N)c1ccc(C(=O)NC[C@H]2COCCN2C(=O)c2cc(Cl)cc(Cl)c2)nc1)C(F)(F)F. The van der Waals surface area contributed by atoms with Crippen LogP contribution >= 0.6 is 23.2 Å². The van der Waals surface area contributed by atoms with E-state index in [0.29, 0.717) is 22.2 Å². The van der Waals surface area contributed by atoms with Gasteiger partial charge in [-0.15, -0.1) is 0 Å². The fraction of sp³-hybridized carbons (Fsp3) is 0.381. The van der Waals surface area contributed by atoms with E-state index < -0.39 is 30.3 Å². The van der Waals surface area contributed by atoms with Crippen LogP contribution in [0.2, 0.25) is 10.0 Å². The highest BCUT2D eigenvalue weighted by Gasteiger charge is 2.45. The van der Waals surface area contributed by atoms with Gasteiger partial charge in [-0.25, -0.2) is 5.90 Å². The molecule has 9 nitrogen and oxygen atoms in total. The first-order valence-electron chi connectivity index (χ1n) is 10.3. The van der Waals surface area contributed by atoms with Crippen molar-refractivity contribution in [2.24, 2.45) is 11.6 Å². The second kappa shape index (κ2) is 11.5. The number of benzene rings is 1. The lowest BCUT2D eigenvalue weighted by atomic mass is 10.0. The first-order valence-corrected chi connectivity index (χ1v) is 11.0. The minimum Gasteiger partial charge on any atom is -0.377 e. The molecule has 0 bridgehead atoms. The lowest BCUT2D eigenvalue weighted by Gasteiger charge is -2.35. The third kappa shape index (κ3) is 6.81. The van der Waals surface area contributed by atoms with Crippen LogP contribution in [0.15, 0.2) is 36.5 Å². The topological polar surface area (TPSA) is 133 Å². The van der Waals surface area contributed by atoms with Crippen LogP contribution in [0.4, 0.5) is 13.2 Å². The molecule has 0 saturated carbocycles. The minimum absolute atomic E-state index is 0.0213. The first kappa shape index (κ1) is 27.1. The average molecular weight is 536 g/mol. The van der Waals surface area contributed by atoms with E-state index in [1.165, 1.54) is 30.3 Å². The van der Waals surface area contributed by atoms with E-state index in [4.69, 9.17) is 39.6 Å². The zero-order valence-corrected chi connectivity index (χ0v) is 19.6. The number of morpholine rings is 1. The highest BCUT2D eigenvalue weighted by Crippen LogP contribution is 2.30.